The zero-order valence-electron chi connectivity index (χ0n) is 18.9. The maximum Gasteiger partial charge on any atom is 0.318 e. The largest absolute Gasteiger partial charge is 0.492 e. The van der Waals surface area contributed by atoms with E-state index in [0.717, 1.165) is 16.3 Å². The molecule has 0 aromatic heterocycles. The molecule has 3 aromatic rings. The second-order valence-electron chi connectivity index (χ2n) is 7.61. The lowest BCUT2D eigenvalue weighted by molar-refractivity contribution is -0.138. The van der Waals surface area contributed by atoms with E-state index in [1.165, 1.54) is 25.2 Å². The lowest BCUT2D eigenvalue weighted by atomic mass is 10.1. The molecule has 0 aliphatic carbocycles. The first-order chi connectivity index (χ1) is 16.7. The molecule has 184 valence electrons. The monoisotopic (exact) mass is 499 g/mol. The van der Waals surface area contributed by atoms with E-state index in [1.54, 1.807) is 0 Å². The number of hydrogen-bond acceptors (Lipinski definition) is 6. The smallest absolute Gasteiger partial charge is 0.318 e. The van der Waals surface area contributed by atoms with E-state index in [-0.39, 0.29) is 29.2 Å². The van der Waals surface area contributed by atoms with Gasteiger partial charge in [-0.05, 0) is 28.5 Å². The Hall–Kier alpha value is -3.96. The molecular weight excluding hydrogens is 474 g/mol. The normalized spacial score (nSPS) is 12.0. The van der Waals surface area contributed by atoms with E-state index in [1.807, 2.05) is 42.5 Å². The van der Waals surface area contributed by atoms with Gasteiger partial charge in [-0.15, -0.1) is 0 Å². The number of carboxylic acids is 1. The number of hydrogen-bond donors (Lipinski definition) is 4. The molecule has 11 heteroatoms. The molecule has 0 aliphatic rings. The molecule has 0 bridgehead atoms. The van der Waals surface area contributed by atoms with Crippen LogP contribution in [0.1, 0.15) is 12.0 Å². The van der Waals surface area contributed by atoms with E-state index in [9.17, 15) is 22.8 Å². The number of anilines is 1. The lowest BCUT2D eigenvalue weighted by Gasteiger charge is -2.16. The van der Waals surface area contributed by atoms with Crippen LogP contribution in [0.5, 0.6) is 5.75 Å². The number of carbonyl (C=O) groups excluding carboxylic acids is 2. The van der Waals surface area contributed by atoms with Gasteiger partial charge in [0.2, 0.25) is 10.0 Å². The van der Waals surface area contributed by atoms with Gasteiger partial charge in [0.15, 0.2) is 0 Å². The number of urea groups is 1. The minimum atomic E-state index is -4.32. The van der Waals surface area contributed by atoms with Gasteiger partial charge in [-0.25, -0.2) is 17.9 Å². The van der Waals surface area contributed by atoms with E-state index in [2.05, 4.69) is 15.4 Å². The molecule has 2 amide bonds. The second-order valence-corrected chi connectivity index (χ2v) is 9.29. The summed E-state index contributed by atoms with van der Waals surface area (Å²) in [5.74, 6) is -1.39. The van der Waals surface area contributed by atoms with Gasteiger partial charge in [-0.3, -0.25) is 4.79 Å². The number of fused-ring (bicyclic) bond motifs is 1. The molecule has 3 rings (SSSR count). The Morgan fingerprint density at radius 3 is 2.49 bits per heavy atom. The van der Waals surface area contributed by atoms with Crippen LogP contribution >= 0.6 is 0 Å². The predicted octanol–water partition coefficient (Wildman–Crippen LogP) is 2.53. The van der Waals surface area contributed by atoms with Crippen molar-refractivity contribution < 1.29 is 32.6 Å². The van der Waals surface area contributed by atoms with Crippen LogP contribution in [0.2, 0.25) is 0 Å². The Morgan fingerprint density at radius 1 is 1.06 bits per heavy atom. The Kier molecular flexibility index (Phi) is 8.39. The van der Waals surface area contributed by atoms with Crippen LogP contribution in [-0.2, 0) is 26.0 Å². The highest BCUT2D eigenvalue weighted by atomic mass is 32.2. The first-order valence-corrected chi connectivity index (χ1v) is 12.1. The van der Waals surface area contributed by atoms with E-state index >= 15 is 0 Å². The molecule has 1 unspecified atom stereocenters. The quantitative estimate of drug-likeness (QED) is 0.296. The molecule has 0 radical (unpaired) electrons. The van der Waals surface area contributed by atoms with Gasteiger partial charge < -0.3 is 25.3 Å². The van der Waals surface area contributed by atoms with Crippen molar-refractivity contribution in [3.63, 3.8) is 0 Å². The van der Waals surface area contributed by atoms with Gasteiger partial charge in [0.25, 0.3) is 0 Å². The van der Waals surface area contributed by atoms with Crippen LogP contribution < -0.4 is 20.1 Å². The number of sulfonamides is 1. The molecule has 0 heterocycles. The van der Waals surface area contributed by atoms with Crippen molar-refractivity contribution in [1.82, 2.24) is 10.0 Å². The van der Waals surface area contributed by atoms with Gasteiger partial charge in [0.05, 0.1) is 19.1 Å². The van der Waals surface area contributed by atoms with Crippen molar-refractivity contribution in [1.29, 1.82) is 0 Å². The Bertz CT molecular complexity index is 1340. The predicted molar refractivity (Wildman–Crippen MR) is 130 cm³/mol. The van der Waals surface area contributed by atoms with Gasteiger partial charge in [0.1, 0.15) is 16.9 Å². The molecule has 0 saturated heterocycles. The number of amides is 2. The third-order valence-corrected chi connectivity index (χ3v) is 6.58. The number of rotatable bonds is 11. The minimum Gasteiger partial charge on any atom is -0.492 e. The number of ether oxygens (including phenoxy) is 1. The van der Waals surface area contributed by atoms with E-state index < -0.39 is 34.5 Å². The summed E-state index contributed by atoms with van der Waals surface area (Å²) in [6.07, 6.45) is -0.0224. The number of aliphatic carboxylic acids is 1. The summed E-state index contributed by atoms with van der Waals surface area (Å²) in [6.45, 7) is 0.122. The Balaban J connectivity index is 1.84. The highest BCUT2D eigenvalue weighted by Crippen LogP contribution is 2.28. The van der Waals surface area contributed by atoms with Crippen molar-refractivity contribution in [2.75, 3.05) is 19.0 Å². The summed E-state index contributed by atoms with van der Waals surface area (Å²) >= 11 is 0. The molecule has 0 spiro atoms. The number of benzene rings is 3. The summed E-state index contributed by atoms with van der Waals surface area (Å²) in [7, 11) is -2.89. The lowest BCUT2D eigenvalue weighted by Crippen LogP contribution is -2.37. The van der Waals surface area contributed by atoms with Crippen molar-refractivity contribution >= 4 is 44.8 Å². The maximum absolute atomic E-state index is 12.9. The van der Waals surface area contributed by atoms with E-state index in [4.69, 9.17) is 9.84 Å². The second kappa shape index (κ2) is 11.4. The highest BCUT2D eigenvalue weighted by molar-refractivity contribution is 7.89. The fourth-order valence-corrected chi connectivity index (χ4v) is 4.65. The Morgan fingerprint density at radius 2 is 1.80 bits per heavy atom. The molecule has 10 nitrogen and oxygen atoms in total. The van der Waals surface area contributed by atoms with Gasteiger partial charge in [-0.1, -0.05) is 42.5 Å². The van der Waals surface area contributed by atoms with Crippen LogP contribution in [0.15, 0.2) is 65.6 Å². The van der Waals surface area contributed by atoms with Crippen molar-refractivity contribution in [2.24, 2.45) is 0 Å². The van der Waals surface area contributed by atoms with Gasteiger partial charge in [-0.2, -0.15) is 0 Å². The maximum atomic E-state index is 12.9. The van der Waals surface area contributed by atoms with Crippen LogP contribution in [0.4, 0.5) is 10.5 Å². The van der Waals surface area contributed by atoms with Gasteiger partial charge >= 0.3 is 12.0 Å². The van der Waals surface area contributed by atoms with Crippen molar-refractivity contribution in [3.05, 3.63) is 66.2 Å². The summed E-state index contributed by atoms with van der Waals surface area (Å²) in [6, 6.07) is 15.8. The first kappa shape index (κ1) is 25.7. The van der Waals surface area contributed by atoms with Crippen LogP contribution in [0.3, 0.4) is 0 Å². The van der Waals surface area contributed by atoms with E-state index in [0.29, 0.717) is 6.42 Å². The standard InChI is InChI=1S/C24H25N3O7S/c1-25-24(31)26-19-8-9-22(35(32,33)27-20(15-28)14-23(29)30)21(13-19)34-11-10-16-6-7-17-4-2-3-5-18(17)12-16/h2-9,12-13,15,20,27H,10-11,14H2,1H3,(H,29,30)(H2,25,26,31). The molecule has 0 aliphatic heterocycles. The topological polar surface area (TPSA) is 151 Å². The number of aldehydes is 1. The molecule has 35 heavy (non-hydrogen) atoms. The molecule has 3 aromatic carbocycles. The third-order valence-electron chi connectivity index (χ3n) is 5.05. The third kappa shape index (κ3) is 7.01. The average Bonchev–Trinajstić information content (AvgIpc) is 2.83. The molecular formula is C24H25N3O7S. The fourth-order valence-electron chi connectivity index (χ4n) is 3.36. The van der Waals surface area contributed by atoms with Crippen LogP contribution in [0, 0.1) is 0 Å². The minimum absolute atomic E-state index is 0.0628. The Labute approximate surface area is 202 Å². The molecule has 0 fully saturated rings. The summed E-state index contributed by atoms with van der Waals surface area (Å²) in [5, 5.41) is 16.0. The van der Waals surface area contributed by atoms with Gasteiger partial charge in [0, 0.05) is 25.2 Å². The zero-order valence-corrected chi connectivity index (χ0v) is 19.7. The highest BCUT2D eigenvalue weighted by Gasteiger charge is 2.25. The van der Waals surface area contributed by atoms with Crippen LogP contribution in [0.25, 0.3) is 10.8 Å². The molecule has 4 N–H and O–H groups in total. The van der Waals surface area contributed by atoms with Crippen molar-refractivity contribution in [2.45, 2.75) is 23.8 Å². The first-order valence-electron chi connectivity index (χ1n) is 10.6. The number of carboxylic acid groups (broad SMARTS) is 1. The zero-order chi connectivity index (χ0) is 25.4. The summed E-state index contributed by atoms with van der Waals surface area (Å²) < 4.78 is 33.7. The summed E-state index contributed by atoms with van der Waals surface area (Å²) in [5.41, 5.74) is 1.26. The number of nitrogens with one attached hydrogen (secondary N) is 3. The van der Waals surface area contributed by atoms with Crippen molar-refractivity contribution in [3.8, 4) is 5.75 Å². The summed E-state index contributed by atoms with van der Waals surface area (Å²) in [4.78, 5) is 33.5. The average molecular weight is 500 g/mol. The number of carbonyl (C=O) groups is 3. The SMILES string of the molecule is CNC(=O)Nc1ccc(S(=O)(=O)NC(C=O)CC(=O)O)c(OCCc2ccc3ccccc3c2)c1. The van der Waals surface area contributed by atoms with Crippen LogP contribution in [-0.4, -0.2) is 51.5 Å². The molecule has 1 atom stereocenters. The fraction of sp³-hybridized carbons (Fsp3) is 0.208. The molecule has 0 saturated carbocycles.